The van der Waals surface area contributed by atoms with Crippen molar-refractivity contribution in [3.63, 3.8) is 0 Å². The summed E-state index contributed by atoms with van der Waals surface area (Å²) in [5.74, 6) is 0.539. The molecule has 0 bridgehead atoms. The summed E-state index contributed by atoms with van der Waals surface area (Å²) in [5, 5.41) is 4.32. The summed E-state index contributed by atoms with van der Waals surface area (Å²) in [7, 11) is 0. The van der Waals surface area contributed by atoms with E-state index in [1.54, 1.807) is 12.1 Å². The Morgan fingerprint density at radius 2 is 1.64 bits per heavy atom. The number of aromatic hydroxyl groups is 1. The van der Waals surface area contributed by atoms with E-state index in [0.29, 0.717) is 18.8 Å². The topological polar surface area (TPSA) is 23.5 Å². The van der Waals surface area contributed by atoms with Crippen LogP contribution >= 0.6 is 0 Å². The third-order valence-corrected chi connectivity index (χ3v) is 1.74. The van der Waals surface area contributed by atoms with Crippen molar-refractivity contribution in [1.82, 2.24) is 0 Å². The van der Waals surface area contributed by atoms with Gasteiger partial charge in [-0.05, 0) is 24.3 Å². The first-order valence-corrected chi connectivity index (χ1v) is 3.88. The summed E-state index contributed by atoms with van der Waals surface area (Å²) in [4.78, 5) is 2.02. The molecule has 0 saturated carbocycles. The van der Waals surface area contributed by atoms with Gasteiger partial charge in [-0.3, -0.25) is 0 Å². The first-order chi connectivity index (χ1) is 6.31. The van der Waals surface area contributed by atoms with Crippen molar-refractivity contribution in [2.45, 2.75) is 0 Å². The van der Waals surface area contributed by atoms with Gasteiger partial charge in [-0.1, -0.05) is 0 Å². The van der Waals surface area contributed by atoms with Crippen LogP contribution in [0.2, 0.25) is 0 Å². The molecule has 0 saturated heterocycles. The molecule has 4 heteroatoms. The van der Waals surface area contributed by atoms with Crippen molar-refractivity contribution in [2.24, 2.45) is 0 Å². The van der Waals surface area contributed by atoms with E-state index in [2.05, 4.69) is 19.0 Å². The fourth-order valence-corrected chi connectivity index (χ4v) is 1.03. The maximum atomic E-state index is 6.67. The smallest absolute Gasteiger partial charge is 0.293 e. The Hall–Kier alpha value is 0.197. The molecule has 0 aromatic heterocycles. The molecule has 1 aromatic rings. The predicted molar refractivity (Wildman–Crippen MR) is 51.0 cm³/mol. The molecule has 2 nitrogen and oxygen atoms in total. The predicted octanol–water partition coefficient (Wildman–Crippen LogP) is 1.86. The zero-order valence-corrected chi connectivity index (χ0v) is 13.7. The first kappa shape index (κ1) is 14.2. The summed E-state index contributed by atoms with van der Waals surface area (Å²) in [6.45, 7) is 8.96. The van der Waals surface area contributed by atoms with Crippen LogP contribution in [0.1, 0.15) is 0 Å². The molecule has 0 unspecified atom stereocenters. The second-order valence-electron chi connectivity index (χ2n) is 2.48. The molecule has 0 aliphatic carbocycles. The van der Waals surface area contributed by atoms with E-state index >= 15 is 0 Å². The zero-order chi connectivity index (χ0) is 9.68. The zero-order valence-electron chi connectivity index (χ0n) is 8.81. The molecular weight excluding hydrogens is 518 g/mol. The molecule has 0 radical (unpaired) electrons. The van der Waals surface area contributed by atoms with Crippen LogP contribution in [-0.2, 0) is 42.1 Å². The van der Waals surface area contributed by atoms with Crippen molar-refractivity contribution in [2.75, 3.05) is 18.0 Å². The summed E-state index contributed by atoms with van der Waals surface area (Å²) in [5.41, 5.74) is 1.05. The number of rotatable bonds is 4. The van der Waals surface area contributed by atoms with Gasteiger partial charge in [0.25, 0.3) is 1.43 Å². The summed E-state index contributed by atoms with van der Waals surface area (Å²) < 4.78 is 6.67. The quantitative estimate of drug-likeness (QED) is 0.599. The van der Waals surface area contributed by atoms with Gasteiger partial charge in [0.05, 0.1) is 0 Å². The summed E-state index contributed by atoms with van der Waals surface area (Å²) in [6.07, 6.45) is 0. The molecule has 1 rings (SSSR count). The minimum absolute atomic E-state index is 0. The van der Waals surface area contributed by atoms with Gasteiger partial charge in [0.15, 0.2) is 0 Å². The number of anilines is 1. The van der Waals surface area contributed by atoms with Gasteiger partial charge >= 0.3 is 0 Å². The molecule has 1 aromatic carbocycles. The maximum absolute atomic E-state index is 6.67. The van der Waals surface area contributed by atoms with E-state index in [-0.39, 0.29) is 42.1 Å². The van der Waals surface area contributed by atoms with Crippen molar-refractivity contribution in [1.29, 1.82) is 1.43 Å². The van der Waals surface area contributed by atoms with Crippen molar-refractivity contribution < 1.29 is 47.2 Å². The van der Waals surface area contributed by atoms with Crippen LogP contribution in [-0.4, -0.2) is 19.6 Å². The standard InChI is InChI=1S/C10H13NO.2W/c1-3-11(4-2)9-5-7-10(12)8-6-9;;/h5-8,12H,1-4H2;;/q-2;;/i/hT. The molecule has 0 fully saturated rings. The Labute approximate surface area is 116 Å². The second kappa shape index (κ2) is 8.50. The van der Waals surface area contributed by atoms with Crippen LogP contribution < -0.4 is 4.90 Å². The van der Waals surface area contributed by atoms with E-state index in [1.807, 2.05) is 17.0 Å². The van der Waals surface area contributed by atoms with Gasteiger partial charge in [0.1, 0.15) is 5.75 Å². The molecule has 0 heterocycles. The third kappa shape index (κ3) is 4.62. The number of benzene rings is 1. The number of hydrogen-bond acceptors (Lipinski definition) is 2. The minimum atomic E-state index is 0. The molecular formula is C10H13NOW2-2. The van der Waals surface area contributed by atoms with Crippen LogP contribution in [0.25, 0.3) is 0 Å². The average Bonchev–Trinajstić information content (AvgIpc) is 2.21. The van der Waals surface area contributed by atoms with Crippen LogP contribution in [0.15, 0.2) is 24.3 Å². The van der Waals surface area contributed by atoms with Gasteiger partial charge in [-0.15, -0.1) is 13.1 Å². The molecule has 0 aliphatic heterocycles. The Morgan fingerprint density at radius 1 is 1.14 bits per heavy atom. The van der Waals surface area contributed by atoms with E-state index in [9.17, 15) is 0 Å². The SMILES string of the molecule is [3H]Oc1ccc(N(C[CH2-])C[CH2-])cc1.[W].[W]. The maximum Gasteiger partial charge on any atom is 0.293 e. The van der Waals surface area contributed by atoms with Gasteiger partial charge in [-0.25, -0.2) is 0 Å². The Balaban J connectivity index is 0. The van der Waals surface area contributed by atoms with E-state index in [1.165, 1.54) is 0 Å². The molecule has 78 valence electrons. The normalized spacial score (nSPS) is 9.14. The van der Waals surface area contributed by atoms with E-state index in [4.69, 9.17) is 1.43 Å². The number of hydrogen-bond donors (Lipinski definition) is 1. The Bertz CT molecular complexity index is 252. The number of nitrogens with zero attached hydrogens (tertiary/aromatic N) is 1. The molecule has 0 spiro atoms. The van der Waals surface area contributed by atoms with Crippen molar-refractivity contribution >= 4 is 5.69 Å². The second-order valence-corrected chi connectivity index (χ2v) is 2.48. The van der Waals surface area contributed by atoms with Crippen LogP contribution in [0.4, 0.5) is 5.69 Å². The minimum Gasteiger partial charge on any atom is -0.508 e. The number of phenols is 1. The van der Waals surface area contributed by atoms with Gasteiger partial charge < -0.3 is 23.9 Å². The fraction of sp³-hybridized carbons (Fsp3) is 0.200. The van der Waals surface area contributed by atoms with Gasteiger partial charge in [0, 0.05) is 47.8 Å². The molecule has 0 aliphatic rings. The first-order valence-electron chi connectivity index (χ1n) is 4.29. The van der Waals surface area contributed by atoms with E-state index < -0.39 is 0 Å². The van der Waals surface area contributed by atoms with Crippen LogP contribution in [0.5, 0.6) is 5.75 Å². The van der Waals surface area contributed by atoms with Gasteiger partial charge in [-0.2, -0.15) is 0 Å². The molecule has 1 N–H and O–H groups in total. The summed E-state index contributed by atoms with van der Waals surface area (Å²) in [6, 6.07) is 7.28. The molecule has 0 amide bonds. The van der Waals surface area contributed by atoms with E-state index in [0.717, 1.165) is 5.69 Å². The Morgan fingerprint density at radius 3 is 2.00 bits per heavy atom. The largest absolute Gasteiger partial charge is 0.508 e. The number of phenolic OH excluding ortho intramolecular Hbond substituents is 1. The fourth-order valence-electron chi connectivity index (χ4n) is 1.03. The Kier molecular flexibility index (Phi) is 8.62. The average molecular weight is 533 g/mol. The van der Waals surface area contributed by atoms with Crippen LogP contribution in [0.3, 0.4) is 0 Å². The monoisotopic (exact) mass is 533 g/mol. The van der Waals surface area contributed by atoms with Crippen LogP contribution in [0, 0.1) is 13.8 Å². The molecule has 0 atom stereocenters. The molecule has 14 heavy (non-hydrogen) atoms. The van der Waals surface area contributed by atoms with Gasteiger partial charge in [0.2, 0.25) is 0 Å². The summed E-state index contributed by atoms with van der Waals surface area (Å²) >= 11 is 0. The van der Waals surface area contributed by atoms with Crippen molar-refractivity contribution in [3.8, 4) is 5.75 Å². The third-order valence-electron chi connectivity index (χ3n) is 1.74. The van der Waals surface area contributed by atoms with Crippen molar-refractivity contribution in [3.05, 3.63) is 38.1 Å².